The average molecular weight is 516 g/mol. The van der Waals surface area contributed by atoms with Crippen LogP contribution in [0.1, 0.15) is 44.7 Å². The molecule has 1 fully saturated rings. The molecule has 3 heterocycles. The number of nitrogens with zero attached hydrogens (tertiary/aromatic N) is 2. The largest absolute Gasteiger partial charge is 0.496 e. The van der Waals surface area contributed by atoms with E-state index in [4.69, 9.17) is 9.47 Å². The second-order valence-corrected chi connectivity index (χ2v) is 9.11. The van der Waals surface area contributed by atoms with Crippen molar-refractivity contribution in [3.63, 3.8) is 0 Å². The van der Waals surface area contributed by atoms with Crippen molar-refractivity contribution in [3.8, 4) is 5.75 Å². The number of hydrogen-bond donors (Lipinski definition) is 4. The summed E-state index contributed by atoms with van der Waals surface area (Å²) in [6.07, 6.45) is 4.52. The second kappa shape index (κ2) is 11.4. The molecular formula is C28H29N5O5. The van der Waals surface area contributed by atoms with E-state index in [0.717, 1.165) is 18.4 Å². The Kier molecular flexibility index (Phi) is 7.62. The van der Waals surface area contributed by atoms with Gasteiger partial charge in [-0.25, -0.2) is 9.97 Å². The summed E-state index contributed by atoms with van der Waals surface area (Å²) in [7, 11) is 1.53. The maximum absolute atomic E-state index is 13.4. The number of aromatic nitrogens is 3. The van der Waals surface area contributed by atoms with Crippen LogP contribution in [0.25, 0.3) is 11.0 Å². The van der Waals surface area contributed by atoms with Crippen LogP contribution in [0.15, 0.2) is 61.1 Å². The zero-order valence-corrected chi connectivity index (χ0v) is 20.9. The van der Waals surface area contributed by atoms with Crippen molar-refractivity contribution in [2.45, 2.75) is 31.5 Å². The van der Waals surface area contributed by atoms with Crippen LogP contribution in [0.3, 0.4) is 0 Å². The third-order valence-electron chi connectivity index (χ3n) is 6.65. The maximum Gasteiger partial charge on any atom is 0.255 e. The fourth-order valence-electron chi connectivity index (χ4n) is 4.55. The van der Waals surface area contributed by atoms with Gasteiger partial charge in [-0.15, -0.1) is 0 Å². The highest BCUT2D eigenvalue weighted by atomic mass is 16.5. The molecule has 0 radical (unpaired) electrons. The normalized spacial score (nSPS) is 17.2. The molecule has 2 aromatic heterocycles. The van der Waals surface area contributed by atoms with Gasteiger partial charge in [0.1, 0.15) is 23.5 Å². The number of para-hydroxylation sites is 1. The molecule has 0 spiro atoms. The van der Waals surface area contributed by atoms with Gasteiger partial charge in [-0.3, -0.25) is 9.59 Å². The van der Waals surface area contributed by atoms with Crippen LogP contribution < -0.4 is 15.4 Å². The number of benzene rings is 2. The number of nitrogens with one attached hydrogen (secondary N) is 3. The third kappa shape index (κ3) is 5.36. The van der Waals surface area contributed by atoms with E-state index in [1.54, 1.807) is 36.5 Å². The van der Waals surface area contributed by atoms with Crippen LogP contribution in [-0.2, 0) is 11.3 Å². The van der Waals surface area contributed by atoms with E-state index < -0.39 is 0 Å². The van der Waals surface area contributed by atoms with Crippen LogP contribution in [-0.4, -0.2) is 64.2 Å². The second-order valence-electron chi connectivity index (χ2n) is 9.11. The molecule has 1 aliphatic heterocycles. The molecule has 5 rings (SSSR count). The molecule has 2 atom stereocenters. The lowest BCUT2D eigenvalue weighted by molar-refractivity contribution is -0.0224. The number of H-pyrrole nitrogens is 1. The number of aliphatic hydroxyl groups excluding tert-OH is 1. The number of ether oxygens (including phenoxy) is 2. The summed E-state index contributed by atoms with van der Waals surface area (Å²) in [6.45, 7) is 0.758. The van der Waals surface area contributed by atoms with E-state index in [0.29, 0.717) is 52.4 Å². The number of ketones is 1. The summed E-state index contributed by atoms with van der Waals surface area (Å²) in [5.74, 6) is 0.662. The zero-order chi connectivity index (χ0) is 26.5. The van der Waals surface area contributed by atoms with Crippen LogP contribution in [0.2, 0.25) is 0 Å². The first-order valence-electron chi connectivity index (χ1n) is 12.4. The molecule has 4 aromatic rings. The minimum atomic E-state index is -0.239. The van der Waals surface area contributed by atoms with Gasteiger partial charge in [0.25, 0.3) is 5.91 Å². The zero-order valence-electron chi connectivity index (χ0n) is 20.9. The lowest BCUT2D eigenvalue weighted by atomic mass is 10.0. The maximum atomic E-state index is 13.4. The highest BCUT2D eigenvalue weighted by Gasteiger charge is 2.24. The first kappa shape index (κ1) is 25.4. The van der Waals surface area contributed by atoms with Gasteiger partial charge in [0, 0.05) is 18.3 Å². The van der Waals surface area contributed by atoms with Crippen molar-refractivity contribution >= 4 is 28.5 Å². The number of hydrogen-bond acceptors (Lipinski definition) is 8. The Balaban J connectivity index is 1.28. The molecule has 1 aliphatic rings. The van der Waals surface area contributed by atoms with Crippen molar-refractivity contribution in [1.29, 1.82) is 0 Å². The Bertz CT molecular complexity index is 1430. The summed E-state index contributed by atoms with van der Waals surface area (Å²) in [6, 6.07) is 14.2. The predicted octanol–water partition coefficient (Wildman–Crippen LogP) is 3.08. The van der Waals surface area contributed by atoms with Crippen molar-refractivity contribution in [3.05, 3.63) is 83.3 Å². The first-order chi connectivity index (χ1) is 18.6. The van der Waals surface area contributed by atoms with Crippen LogP contribution >= 0.6 is 0 Å². The van der Waals surface area contributed by atoms with E-state index in [2.05, 4.69) is 25.6 Å². The Labute approximate surface area is 219 Å². The van der Waals surface area contributed by atoms with Gasteiger partial charge in [-0.1, -0.05) is 36.4 Å². The lowest BCUT2D eigenvalue weighted by Crippen LogP contribution is -2.36. The average Bonchev–Trinajstić information content (AvgIpc) is 3.41. The van der Waals surface area contributed by atoms with E-state index >= 15 is 0 Å². The molecule has 4 N–H and O–H groups in total. The highest BCUT2D eigenvalue weighted by Crippen LogP contribution is 2.27. The summed E-state index contributed by atoms with van der Waals surface area (Å²) in [4.78, 5) is 37.8. The fourth-order valence-corrected chi connectivity index (χ4v) is 4.55. The molecule has 1 saturated heterocycles. The van der Waals surface area contributed by atoms with E-state index in [-0.39, 0.29) is 30.4 Å². The van der Waals surface area contributed by atoms with E-state index in [1.807, 2.05) is 18.2 Å². The number of fused-ring (bicyclic) bond motifs is 1. The minimum Gasteiger partial charge on any atom is -0.496 e. The number of aromatic amines is 1. The van der Waals surface area contributed by atoms with Gasteiger partial charge in [0.2, 0.25) is 0 Å². The molecule has 0 bridgehead atoms. The number of aliphatic hydroxyl groups is 1. The first-order valence-corrected chi connectivity index (χ1v) is 12.4. The fraction of sp³-hybridized carbons (Fsp3) is 0.286. The van der Waals surface area contributed by atoms with Gasteiger partial charge in [0.05, 0.1) is 49.0 Å². The van der Waals surface area contributed by atoms with Crippen LogP contribution in [0.5, 0.6) is 5.75 Å². The SMILES string of the molecule is COc1ccccc1C(=O)NCc1ccc(C(=O)c2c[nH]c3ncnc(N[C@@H]4CC[C@@H](CO)OC4)c23)cc1. The Morgan fingerprint density at radius 3 is 2.66 bits per heavy atom. The smallest absolute Gasteiger partial charge is 0.255 e. The number of carbonyl (C=O) groups is 2. The molecule has 196 valence electrons. The number of amides is 1. The van der Waals surface area contributed by atoms with Crippen LogP contribution in [0, 0.1) is 0 Å². The quantitative estimate of drug-likeness (QED) is 0.250. The summed E-state index contributed by atoms with van der Waals surface area (Å²) < 4.78 is 10.9. The molecule has 0 saturated carbocycles. The predicted molar refractivity (Wildman–Crippen MR) is 141 cm³/mol. The molecule has 0 aliphatic carbocycles. The molecule has 10 nitrogen and oxygen atoms in total. The van der Waals surface area contributed by atoms with Gasteiger partial charge in [0.15, 0.2) is 5.78 Å². The Hall–Kier alpha value is -4.28. The van der Waals surface area contributed by atoms with E-state index in [9.17, 15) is 14.7 Å². The van der Waals surface area contributed by atoms with E-state index in [1.165, 1.54) is 13.4 Å². The van der Waals surface area contributed by atoms with Crippen molar-refractivity contribution in [2.75, 3.05) is 25.6 Å². The molecular weight excluding hydrogens is 486 g/mol. The topological polar surface area (TPSA) is 138 Å². The summed E-state index contributed by atoms with van der Waals surface area (Å²) >= 11 is 0. The molecule has 10 heteroatoms. The molecule has 0 unspecified atom stereocenters. The van der Waals surface area contributed by atoms with Crippen molar-refractivity contribution < 1.29 is 24.2 Å². The molecule has 1 amide bonds. The number of anilines is 1. The van der Waals surface area contributed by atoms with Gasteiger partial charge in [-0.05, 0) is 30.5 Å². The lowest BCUT2D eigenvalue weighted by Gasteiger charge is -2.29. The van der Waals surface area contributed by atoms with Gasteiger partial charge < -0.3 is 30.2 Å². The monoisotopic (exact) mass is 515 g/mol. The van der Waals surface area contributed by atoms with Crippen molar-refractivity contribution in [2.24, 2.45) is 0 Å². The summed E-state index contributed by atoms with van der Waals surface area (Å²) in [5, 5.41) is 16.2. The summed E-state index contributed by atoms with van der Waals surface area (Å²) in [5.41, 5.74) is 2.85. The van der Waals surface area contributed by atoms with Crippen molar-refractivity contribution in [1.82, 2.24) is 20.3 Å². The van der Waals surface area contributed by atoms with Gasteiger partial charge >= 0.3 is 0 Å². The molecule has 38 heavy (non-hydrogen) atoms. The Morgan fingerprint density at radius 2 is 1.92 bits per heavy atom. The third-order valence-corrected chi connectivity index (χ3v) is 6.65. The standard InChI is InChI=1S/C28H29N5O5/c1-37-23-5-3-2-4-21(23)28(36)30-12-17-6-8-18(9-7-17)25(35)22-13-29-26-24(22)27(32-16-31-26)33-19-10-11-20(14-34)38-15-19/h2-9,13,16,19-20,34H,10-12,14-15H2,1H3,(H,30,36)(H2,29,31,32,33)/t19-,20+/m1/s1. The minimum absolute atomic E-state index is 0.00780. The number of rotatable bonds is 9. The number of carbonyl (C=O) groups excluding carboxylic acids is 2. The highest BCUT2D eigenvalue weighted by molar-refractivity contribution is 6.18. The number of methoxy groups -OCH3 is 1. The molecule has 2 aromatic carbocycles. The van der Waals surface area contributed by atoms with Gasteiger partial charge in [-0.2, -0.15) is 0 Å². The Morgan fingerprint density at radius 1 is 1.11 bits per heavy atom. The van der Waals surface area contributed by atoms with Crippen LogP contribution in [0.4, 0.5) is 5.82 Å².